The summed E-state index contributed by atoms with van der Waals surface area (Å²) in [5.74, 6) is 0.486. The van der Waals surface area contributed by atoms with Crippen LogP contribution in [0.15, 0.2) is 18.2 Å². The first kappa shape index (κ1) is 6.04. The molecule has 3 N–H and O–H groups in total. The summed E-state index contributed by atoms with van der Waals surface area (Å²) in [5, 5.41) is 0. The van der Waals surface area contributed by atoms with Gasteiger partial charge in [0.05, 0.1) is 12.2 Å². The summed E-state index contributed by atoms with van der Waals surface area (Å²) in [6.07, 6.45) is 0. The van der Waals surface area contributed by atoms with E-state index in [1.807, 2.05) is 0 Å². The molecule has 0 fully saturated rings. The van der Waals surface area contributed by atoms with Crippen LogP contribution in [-0.4, -0.2) is 4.98 Å². The van der Waals surface area contributed by atoms with Crippen LogP contribution in [-0.2, 0) is 6.54 Å². The zero-order chi connectivity index (χ0) is 6.69. The Bertz CT molecular complexity index is 197. The van der Waals surface area contributed by atoms with E-state index in [4.69, 9.17) is 11.5 Å². The summed E-state index contributed by atoms with van der Waals surface area (Å²) < 4.78 is 0. The minimum atomic E-state index is 0.199. The molecule has 0 aliphatic rings. The molecule has 0 amide bonds. The van der Waals surface area contributed by atoms with E-state index in [9.17, 15) is 0 Å². The van der Waals surface area contributed by atoms with Crippen LogP contribution in [0.5, 0.6) is 0 Å². The number of nitrogen functional groups attached to an aromatic ring is 1. The van der Waals surface area contributed by atoms with Crippen LogP contribution in [0.3, 0.4) is 0 Å². The van der Waals surface area contributed by atoms with Crippen LogP contribution in [0.2, 0.25) is 0 Å². The van der Waals surface area contributed by atoms with Crippen LogP contribution in [0.1, 0.15) is 5.69 Å². The third kappa shape index (κ3) is 1.40. The Kier molecular flexibility index (Phi) is 1.65. The van der Waals surface area contributed by atoms with Crippen LogP contribution in [0, 0.1) is 0 Å². The number of nitrogens with zero attached hydrogens (tertiary/aromatic N) is 1. The van der Waals surface area contributed by atoms with Crippen LogP contribution in [0.25, 0.3) is 0 Å². The number of nitrogens with one attached hydrogen (secondary N) is 1. The number of hydrogen-bond donors (Lipinski definition) is 1. The molecule has 0 saturated heterocycles. The van der Waals surface area contributed by atoms with E-state index in [0.717, 1.165) is 5.69 Å². The van der Waals surface area contributed by atoms with Crippen molar-refractivity contribution in [3.63, 3.8) is 0 Å². The Balaban J connectivity index is 2.94. The van der Waals surface area contributed by atoms with E-state index >= 15 is 0 Å². The molecular formula is C6H8N3. The molecule has 0 spiro atoms. The van der Waals surface area contributed by atoms with Crippen molar-refractivity contribution < 1.29 is 0 Å². The predicted octanol–water partition coefficient (Wildman–Crippen LogP) is 0.447. The van der Waals surface area contributed by atoms with E-state index in [-0.39, 0.29) is 6.54 Å². The highest BCUT2D eigenvalue weighted by Gasteiger charge is 1.88. The number of rotatable bonds is 1. The highest BCUT2D eigenvalue weighted by atomic mass is 14.8. The summed E-state index contributed by atoms with van der Waals surface area (Å²) >= 11 is 0. The third-order valence-electron chi connectivity index (χ3n) is 1.01. The Morgan fingerprint density at radius 1 is 1.56 bits per heavy atom. The molecule has 9 heavy (non-hydrogen) atoms. The predicted molar refractivity (Wildman–Crippen MR) is 35.5 cm³/mol. The van der Waals surface area contributed by atoms with Crippen molar-refractivity contribution in [3.8, 4) is 0 Å². The first-order valence-electron chi connectivity index (χ1n) is 2.69. The van der Waals surface area contributed by atoms with E-state index in [2.05, 4.69) is 4.98 Å². The van der Waals surface area contributed by atoms with E-state index in [1.165, 1.54) is 0 Å². The second-order valence-electron chi connectivity index (χ2n) is 1.73. The normalized spacial score (nSPS) is 9.44. The molecule has 0 unspecified atom stereocenters. The number of hydrogen-bond acceptors (Lipinski definition) is 2. The fourth-order valence-corrected chi connectivity index (χ4v) is 0.597. The largest absolute Gasteiger partial charge is 0.384 e. The summed E-state index contributed by atoms with van der Waals surface area (Å²) in [6.45, 7) is 0.199. The lowest BCUT2D eigenvalue weighted by molar-refractivity contribution is 0.963. The molecule has 1 rings (SSSR count). The van der Waals surface area contributed by atoms with Crippen molar-refractivity contribution >= 4 is 5.82 Å². The minimum absolute atomic E-state index is 0.199. The Morgan fingerprint density at radius 2 is 2.33 bits per heavy atom. The molecule has 0 aliphatic carbocycles. The van der Waals surface area contributed by atoms with Gasteiger partial charge in [-0.3, -0.25) is 5.73 Å². The van der Waals surface area contributed by atoms with Gasteiger partial charge in [0, 0.05) is 0 Å². The molecule has 47 valence electrons. The van der Waals surface area contributed by atoms with Crippen LogP contribution >= 0.6 is 0 Å². The SMILES string of the molecule is [NH]Cc1cccc(N)n1. The van der Waals surface area contributed by atoms with Gasteiger partial charge in [-0.1, -0.05) is 6.07 Å². The van der Waals surface area contributed by atoms with E-state index in [1.54, 1.807) is 18.2 Å². The van der Waals surface area contributed by atoms with Crippen molar-refractivity contribution in [1.82, 2.24) is 10.7 Å². The van der Waals surface area contributed by atoms with Gasteiger partial charge in [-0.15, -0.1) is 0 Å². The van der Waals surface area contributed by atoms with Crippen LogP contribution in [0.4, 0.5) is 5.82 Å². The van der Waals surface area contributed by atoms with Crippen LogP contribution < -0.4 is 11.5 Å². The average Bonchev–Trinajstić information content (AvgIpc) is 1.88. The maximum Gasteiger partial charge on any atom is 0.123 e. The van der Waals surface area contributed by atoms with E-state index in [0.29, 0.717) is 5.82 Å². The molecule has 0 saturated carbocycles. The lowest BCUT2D eigenvalue weighted by Gasteiger charge is -1.93. The van der Waals surface area contributed by atoms with Gasteiger partial charge in [0.1, 0.15) is 5.82 Å². The Labute approximate surface area is 53.7 Å². The zero-order valence-electron chi connectivity index (χ0n) is 4.96. The molecule has 0 atom stereocenters. The zero-order valence-corrected chi connectivity index (χ0v) is 4.96. The molecule has 1 heterocycles. The summed E-state index contributed by atoms with van der Waals surface area (Å²) in [5.41, 5.74) is 13.0. The molecule has 1 radical (unpaired) electrons. The first-order valence-corrected chi connectivity index (χ1v) is 2.69. The first-order chi connectivity index (χ1) is 4.33. The molecule has 3 heteroatoms. The lowest BCUT2D eigenvalue weighted by Crippen LogP contribution is -1.94. The topological polar surface area (TPSA) is 62.7 Å². The number of anilines is 1. The maximum absolute atomic E-state index is 6.92. The van der Waals surface area contributed by atoms with Crippen molar-refractivity contribution in [2.24, 2.45) is 0 Å². The lowest BCUT2D eigenvalue weighted by atomic mass is 10.3. The van der Waals surface area contributed by atoms with E-state index < -0.39 is 0 Å². The Hall–Kier alpha value is -1.09. The quantitative estimate of drug-likeness (QED) is 0.587. The van der Waals surface area contributed by atoms with Gasteiger partial charge in [0.25, 0.3) is 0 Å². The molecular weight excluding hydrogens is 114 g/mol. The fourth-order valence-electron chi connectivity index (χ4n) is 0.597. The van der Waals surface area contributed by atoms with Gasteiger partial charge in [0.2, 0.25) is 0 Å². The average molecular weight is 122 g/mol. The van der Waals surface area contributed by atoms with Gasteiger partial charge in [0.15, 0.2) is 0 Å². The van der Waals surface area contributed by atoms with Crippen molar-refractivity contribution in [2.45, 2.75) is 6.54 Å². The van der Waals surface area contributed by atoms with Gasteiger partial charge in [-0.05, 0) is 12.1 Å². The molecule has 0 bridgehead atoms. The minimum Gasteiger partial charge on any atom is -0.384 e. The van der Waals surface area contributed by atoms with Gasteiger partial charge in [-0.2, -0.15) is 0 Å². The standard InChI is InChI=1S/C6H8N3/c7-4-5-2-1-3-6(8)9-5/h1-3,7H,4H2,(H2,8,9). The number of pyridine rings is 1. The summed E-state index contributed by atoms with van der Waals surface area (Å²) in [6, 6.07) is 5.29. The second-order valence-corrected chi connectivity index (χ2v) is 1.73. The molecule has 1 aromatic rings. The fraction of sp³-hybridized carbons (Fsp3) is 0.167. The summed E-state index contributed by atoms with van der Waals surface area (Å²) in [4.78, 5) is 3.88. The molecule has 0 aliphatic heterocycles. The monoisotopic (exact) mass is 122 g/mol. The molecule has 3 nitrogen and oxygen atoms in total. The molecule has 1 aromatic heterocycles. The van der Waals surface area contributed by atoms with Gasteiger partial charge >= 0.3 is 0 Å². The third-order valence-corrected chi connectivity index (χ3v) is 1.01. The van der Waals surface area contributed by atoms with Crippen molar-refractivity contribution in [2.75, 3.05) is 5.73 Å². The maximum atomic E-state index is 6.92. The smallest absolute Gasteiger partial charge is 0.123 e. The van der Waals surface area contributed by atoms with Crippen molar-refractivity contribution in [1.29, 1.82) is 0 Å². The highest BCUT2D eigenvalue weighted by Crippen LogP contribution is 1.98. The Morgan fingerprint density at radius 3 is 2.78 bits per heavy atom. The van der Waals surface area contributed by atoms with Gasteiger partial charge < -0.3 is 5.73 Å². The number of aromatic nitrogens is 1. The van der Waals surface area contributed by atoms with Gasteiger partial charge in [-0.25, -0.2) is 4.98 Å². The second kappa shape index (κ2) is 2.46. The molecule has 0 aromatic carbocycles. The van der Waals surface area contributed by atoms with Crippen molar-refractivity contribution in [3.05, 3.63) is 23.9 Å². The highest BCUT2D eigenvalue weighted by molar-refractivity contribution is 5.28. The number of nitrogens with two attached hydrogens (primary N) is 1. The summed E-state index contributed by atoms with van der Waals surface area (Å²) in [7, 11) is 0.